The molecule has 0 amide bonds. The highest BCUT2D eigenvalue weighted by molar-refractivity contribution is 6.20. The molecule has 1 aliphatic heterocycles. The number of hydrogen-bond acceptors (Lipinski definition) is 7. The number of anilines is 1. The second-order valence-corrected chi connectivity index (χ2v) is 7.27. The molecule has 8 heteroatoms. The summed E-state index contributed by atoms with van der Waals surface area (Å²) in [6.07, 6.45) is 10.3. The van der Waals surface area contributed by atoms with Gasteiger partial charge in [-0.15, -0.1) is 0 Å². The highest BCUT2D eigenvalue weighted by Gasteiger charge is 2.23. The van der Waals surface area contributed by atoms with Crippen molar-refractivity contribution in [1.82, 2.24) is 4.98 Å². The number of amidine groups is 1. The van der Waals surface area contributed by atoms with Gasteiger partial charge in [-0.05, 0) is 43.1 Å². The van der Waals surface area contributed by atoms with Crippen LogP contribution >= 0.6 is 0 Å². The molecule has 1 atom stereocenters. The Bertz CT molecular complexity index is 1120. The van der Waals surface area contributed by atoms with Gasteiger partial charge in [-0.3, -0.25) is 15.0 Å². The molecular weight excluding hydrogens is 393 g/mol. The van der Waals surface area contributed by atoms with Crippen LogP contribution in [0.15, 0.2) is 88.3 Å². The van der Waals surface area contributed by atoms with Gasteiger partial charge in [0.15, 0.2) is 5.84 Å². The first-order valence-corrected chi connectivity index (χ1v) is 9.99. The summed E-state index contributed by atoms with van der Waals surface area (Å²) in [4.78, 5) is 13.2. The summed E-state index contributed by atoms with van der Waals surface area (Å²) >= 11 is 0. The van der Waals surface area contributed by atoms with Crippen molar-refractivity contribution < 1.29 is 4.39 Å². The SMILES string of the molecule is NCC1C=CC(C2=NCC(/C(N)=C(\c3ccncc3)N(N)c3ccccc3F)=N2)=CC1. The number of hydrazine groups is 1. The zero-order chi connectivity index (χ0) is 21.8. The van der Waals surface area contributed by atoms with Crippen molar-refractivity contribution >= 4 is 22.9 Å². The van der Waals surface area contributed by atoms with E-state index in [4.69, 9.17) is 17.3 Å². The lowest BCUT2D eigenvalue weighted by Crippen LogP contribution is -2.34. The first kappa shape index (κ1) is 20.6. The molecule has 4 rings (SSSR count). The Labute approximate surface area is 180 Å². The second kappa shape index (κ2) is 9.03. The Balaban J connectivity index is 1.71. The van der Waals surface area contributed by atoms with Crippen LogP contribution in [0.25, 0.3) is 5.70 Å². The van der Waals surface area contributed by atoms with Crippen molar-refractivity contribution in [3.05, 3.63) is 89.7 Å². The number of rotatable bonds is 6. The van der Waals surface area contributed by atoms with Crippen LogP contribution in [0, 0.1) is 11.7 Å². The summed E-state index contributed by atoms with van der Waals surface area (Å²) in [7, 11) is 0. The van der Waals surface area contributed by atoms with E-state index >= 15 is 0 Å². The van der Waals surface area contributed by atoms with Crippen molar-refractivity contribution in [2.45, 2.75) is 6.42 Å². The predicted molar refractivity (Wildman–Crippen MR) is 123 cm³/mol. The Morgan fingerprint density at radius 3 is 2.61 bits per heavy atom. The zero-order valence-corrected chi connectivity index (χ0v) is 16.9. The normalized spacial score (nSPS) is 18.8. The van der Waals surface area contributed by atoms with Gasteiger partial charge in [-0.25, -0.2) is 15.2 Å². The average Bonchev–Trinajstić information content (AvgIpc) is 3.30. The van der Waals surface area contributed by atoms with E-state index in [1.807, 2.05) is 6.08 Å². The van der Waals surface area contributed by atoms with Gasteiger partial charge in [0.25, 0.3) is 0 Å². The molecule has 0 fully saturated rings. The van der Waals surface area contributed by atoms with Gasteiger partial charge in [0.05, 0.1) is 29.3 Å². The van der Waals surface area contributed by atoms with Gasteiger partial charge in [0.2, 0.25) is 0 Å². The first-order chi connectivity index (χ1) is 15.1. The average molecular weight is 417 g/mol. The minimum atomic E-state index is -0.457. The molecule has 31 heavy (non-hydrogen) atoms. The molecule has 158 valence electrons. The Kier molecular flexibility index (Phi) is 6.01. The van der Waals surface area contributed by atoms with Gasteiger partial charge in [0, 0.05) is 23.5 Å². The molecule has 0 spiro atoms. The number of benzene rings is 1. The second-order valence-electron chi connectivity index (χ2n) is 7.27. The minimum Gasteiger partial charge on any atom is -0.395 e. The number of allylic oxidation sites excluding steroid dienone is 1. The summed E-state index contributed by atoms with van der Waals surface area (Å²) < 4.78 is 14.4. The molecule has 7 nitrogen and oxygen atoms in total. The van der Waals surface area contributed by atoms with E-state index in [1.165, 1.54) is 11.1 Å². The van der Waals surface area contributed by atoms with E-state index in [1.54, 1.807) is 42.7 Å². The number of nitrogens with two attached hydrogens (primary N) is 3. The van der Waals surface area contributed by atoms with E-state index in [9.17, 15) is 4.39 Å². The van der Waals surface area contributed by atoms with Crippen molar-refractivity contribution in [3.8, 4) is 0 Å². The lowest BCUT2D eigenvalue weighted by Gasteiger charge is -2.24. The van der Waals surface area contributed by atoms with Crippen molar-refractivity contribution in [3.63, 3.8) is 0 Å². The molecule has 0 saturated carbocycles. The van der Waals surface area contributed by atoms with Crippen LogP contribution in [0.1, 0.15) is 12.0 Å². The molecule has 6 N–H and O–H groups in total. The summed E-state index contributed by atoms with van der Waals surface area (Å²) in [5, 5.41) is 1.24. The van der Waals surface area contributed by atoms with E-state index in [0.29, 0.717) is 47.5 Å². The molecule has 0 radical (unpaired) electrons. The lowest BCUT2D eigenvalue weighted by atomic mass is 9.96. The van der Waals surface area contributed by atoms with Gasteiger partial charge in [0.1, 0.15) is 5.82 Å². The summed E-state index contributed by atoms with van der Waals surface area (Å²) in [5.41, 5.74) is 15.4. The molecular formula is C23H24FN7. The number of nitrogens with zero attached hydrogens (tertiary/aromatic N) is 4. The number of hydrogen-bond donors (Lipinski definition) is 3. The molecule has 2 heterocycles. The van der Waals surface area contributed by atoms with Crippen molar-refractivity contribution in [2.75, 3.05) is 18.1 Å². The number of aliphatic imine (C=N–C) groups is 2. The van der Waals surface area contributed by atoms with E-state index in [-0.39, 0.29) is 5.69 Å². The minimum absolute atomic E-state index is 0.197. The van der Waals surface area contributed by atoms with E-state index in [2.05, 4.69) is 27.1 Å². The molecule has 1 unspecified atom stereocenters. The van der Waals surface area contributed by atoms with Crippen LogP contribution in [0.5, 0.6) is 0 Å². The molecule has 0 saturated heterocycles. The largest absolute Gasteiger partial charge is 0.395 e. The maximum Gasteiger partial charge on any atom is 0.155 e. The maximum atomic E-state index is 14.4. The molecule has 1 aromatic heterocycles. The van der Waals surface area contributed by atoms with Crippen LogP contribution in [0.3, 0.4) is 0 Å². The Morgan fingerprint density at radius 1 is 1.16 bits per heavy atom. The molecule has 0 bridgehead atoms. The van der Waals surface area contributed by atoms with Crippen LogP contribution in [0.4, 0.5) is 10.1 Å². The highest BCUT2D eigenvalue weighted by atomic mass is 19.1. The standard InChI is InChI=1S/C23H24FN7/c24-18-3-1-2-4-20(18)31(27)22(16-9-11-28-12-10-16)21(26)19-14-29-23(30-19)17-7-5-15(13-25)6-8-17/h1-5,7-12,15H,6,13-14,25-27H2/b22-21-. The Hall–Kier alpha value is -3.62. The van der Waals surface area contributed by atoms with Crippen LogP contribution < -0.4 is 22.3 Å². The topological polar surface area (TPSA) is 119 Å². The van der Waals surface area contributed by atoms with Crippen LogP contribution in [0.2, 0.25) is 0 Å². The maximum absolute atomic E-state index is 14.4. The Morgan fingerprint density at radius 2 is 1.94 bits per heavy atom. The number of aromatic nitrogens is 1. The first-order valence-electron chi connectivity index (χ1n) is 9.99. The fourth-order valence-electron chi connectivity index (χ4n) is 3.49. The third-order valence-electron chi connectivity index (χ3n) is 5.24. The molecule has 1 aliphatic carbocycles. The van der Waals surface area contributed by atoms with Gasteiger partial charge in [-0.2, -0.15) is 0 Å². The third-order valence-corrected chi connectivity index (χ3v) is 5.24. The fourth-order valence-corrected chi connectivity index (χ4v) is 3.49. The third kappa shape index (κ3) is 4.30. The summed E-state index contributed by atoms with van der Waals surface area (Å²) in [6.45, 7) is 0.918. The number of para-hydroxylation sites is 1. The fraction of sp³-hybridized carbons (Fsp3) is 0.174. The molecule has 2 aliphatic rings. The predicted octanol–water partition coefficient (Wildman–Crippen LogP) is 2.54. The summed E-state index contributed by atoms with van der Waals surface area (Å²) in [6, 6.07) is 9.78. The highest BCUT2D eigenvalue weighted by Crippen LogP contribution is 2.28. The zero-order valence-electron chi connectivity index (χ0n) is 16.9. The quantitative estimate of drug-likeness (QED) is 0.493. The molecule has 2 aromatic rings. The van der Waals surface area contributed by atoms with Crippen molar-refractivity contribution in [1.29, 1.82) is 0 Å². The lowest BCUT2D eigenvalue weighted by molar-refractivity contribution is 0.626. The van der Waals surface area contributed by atoms with Crippen LogP contribution in [-0.2, 0) is 0 Å². The smallest absolute Gasteiger partial charge is 0.155 e. The van der Waals surface area contributed by atoms with Crippen molar-refractivity contribution in [2.24, 2.45) is 33.2 Å². The van der Waals surface area contributed by atoms with Gasteiger partial charge >= 0.3 is 0 Å². The van der Waals surface area contributed by atoms with E-state index in [0.717, 1.165) is 12.0 Å². The van der Waals surface area contributed by atoms with Gasteiger partial charge in [-0.1, -0.05) is 30.4 Å². The molecule has 1 aromatic carbocycles. The van der Waals surface area contributed by atoms with Gasteiger partial charge < -0.3 is 11.5 Å². The monoisotopic (exact) mass is 417 g/mol. The van der Waals surface area contributed by atoms with Crippen LogP contribution in [-0.4, -0.2) is 29.6 Å². The van der Waals surface area contributed by atoms with E-state index < -0.39 is 5.82 Å². The number of pyridine rings is 1. The number of halogens is 1. The summed E-state index contributed by atoms with van der Waals surface area (Å²) in [5.74, 6) is 6.86.